The van der Waals surface area contributed by atoms with Crippen LogP contribution in [0.2, 0.25) is 0 Å². The van der Waals surface area contributed by atoms with Gasteiger partial charge in [0.05, 0.1) is 13.7 Å². The average molecular weight is 513 g/mol. The van der Waals surface area contributed by atoms with Crippen LogP contribution >= 0.6 is 24.0 Å². The van der Waals surface area contributed by atoms with Crippen LogP contribution < -0.4 is 20.1 Å². The lowest BCUT2D eigenvalue weighted by Crippen LogP contribution is -2.38. The Morgan fingerprint density at radius 3 is 2.48 bits per heavy atom. The van der Waals surface area contributed by atoms with Gasteiger partial charge in [-0.1, -0.05) is 30.3 Å². The molecule has 0 spiro atoms. The maximum absolute atomic E-state index is 5.85. The number of nitrogens with zero attached hydrogens (tertiary/aromatic N) is 1. The highest BCUT2D eigenvalue weighted by atomic mass is 127. The predicted molar refractivity (Wildman–Crippen MR) is 129 cm³/mol. The van der Waals surface area contributed by atoms with Gasteiger partial charge in [0.1, 0.15) is 18.1 Å². The first-order valence-electron chi connectivity index (χ1n) is 9.45. The zero-order valence-corrected chi connectivity index (χ0v) is 20.0. The monoisotopic (exact) mass is 513 g/mol. The quantitative estimate of drug-likeness (QED) is 0.220. The number of hydrogen-bond acceptors (Lipinski definition) is 4. The molecule has 2 aromatic rings. The molecule has 0 amide bonds. The number of ether oxygens (including phenoxy) is 3. The number of para-hydroxylation sites is 1. The molecule has 29 heavy (non-hydrogen) atoms. The van der Waals surface area contributed by atoms with Crippen LogP contribution in [0.1, 0.15) is 16.7 Å². The molecule has 0 aliphatic rings. The number of aryl methyl sites for hydroxylation is 1. The summed E-state index contributed by atoms with van der Waals surface area (Å²) < 4.78 is 16.3. The molecule has 6 nitrogen and oxygen atoms in total. The van der Waals surface area contributed by atoms with Gasteiger partial charge in [0.15, 0.2) is 5.96 Å². The number of guanidine groups is 1. The van der Waals surface area contributed by atoms with Crippen LogP contribution in [0.25, 0.3) is 0 Å². The van der Waals surface area contributed by atoms with E-state index in [1.54, 1.807) is 21.3 Å². The van der Waals surface area contributed by atoms with E-state index in [0.717, 1.165) is 41.6 Å². The van der Waals surface area contributed by atoms with Crippen molar-refractivity contribution in [2.45, 2.75) is 19.9 Å². The summed E-state index contributed by atoms with van der Waals surface area (Å²) in [6.07, 6.45) is 0.848. The van der Waals surface area contributed by atoms with E-state index in [4.69, 9.17) is 14.2 Å². The van der Waals surface area contributed by atoms with E-state index >= 15 is 0 Å². The minimum Gasteiger partial charge on any atom is -0.496 e. The van der Waals surface area contributed by atoms with Gasteiger partial charge < -0.3 is 24.8 Å². The zero-order valence-electron chi connectivity index (χ0n) is 17.7. The summed E-state index contributed by atoms with van der Waals surface area (Å²) in [6.45, 7) is 4.52. The van der Waals surface area contributed by atoms with Crippen LogP contribution in [0.5, 0.6) is 11.5 Å². The van der Waals surface area contributed by atoms with Crippen molar-refractivity contribution < 1.29 is 14.2 Å². The first-order chi connectivity index (χ1) is 13.7. The summed E-state index contributed by atoms with van der Waals surface area (Å²) in [7, 11) is 5.13. The maximum atomic E-state index is 5.85. The van der Waals surface area contributed by atoms with Gasteiger partial charge in [0.2, 0.25) is 0 Å². The second-order valence-corrected chi connectivity index (χ2v) is 6.37. The molecule has 0 bridgehead atoms. The molecular formula is C22H32IN3O3. The van der Waals surface area contributed by atoms with Crippen LogP contribution in [-0.2, 0) is 17.7 Å². The van der Waals surface area contributed by atoms with E-state index in [9.17, 15) is 0 Å². The molecule has 0 aromatic heterocycles. The summed E-state index contributed by atoms with van der Waals surface area (Å²) in [5.41, 5.74) is 3.41. The van der Waals surface area contributed by atoms with E-state index in [-0.39, 0.29) is 24.0 Å². The van der Waals surface area contributed by atoms with Gasteiger partial charge in [-0.25, -0.2) is 0 Å². The van der Waals surface area contributed by atoms with Gasteiger partial charge in [-0.15, -0.1) is 24.0 Å². The first-order valence-corrected chi connectivity index (χ1v) is 9.45. The standard InChI is InChI=1S/C22H31N3O3.HI/c1-17-9-10-19(21(15-17)28-14-13-26-3)16-25-22(23-2)24-12-11-18-7-5-6-8-20(18)27-4;/h5-10,15H,11-14,16H2,1-4H3,(H2,23,24,25);1H. The smallest absolute Gasteiger partial charge is 0.191 e. The van der Waals surface area contributed by atoms with E-state index in [1.807, 2.05) is 24.3 Å². The molecule has 0 heterocycles. The van der Waals surface area contributed by atoms with Gasteiger partial charge in [0, 0.05) is 32.8 Å². The Bertz CT molecular complexity index is 769. The molecule has 0 unspecified atom stereocenters. The normalized spacial score (nSPS) is 10.8. The van der Waals surface area contributed by atoms with Crippen LogP contribution in [0.3, 0.4) is 0 Å². The van der Waals surface area contributed by atoms with Crippen molar-refractivity contribution in [2.24, 2.45) is 4.99 Å². The van der Waals surface area contributed by atoms with Gasteiger partial charge in [0.25, 0.3) is 0 Å². The SMILES string of the molecule is CN=C(NCCc1ccccc1OC)NCc1ccc(C)cc1OCCOC.I. The molecule has 0 saturated carbocycles. The van der Waals surface area contributed by atoms with E-state index < -0.39 is 0 Å². The van der Waals surface area contributed by atoms with E-state index in [0.29, 0.717) is 19.8 Å². The van der Waals surface area contributed by atoms with Crippen molar-refractivity contribution in [3.05, 3.63) is 59.2 Å². The Kier molecular flexibility index (Phi) is 12.1. The Hall–Kier alpha value is -2.00. The number of benzene rings is 2. The summed E-state index contributed by atoms with van der Waals surface area (Å²) in [6, 6.07) is 14.3. The predicted octanol–water partition coefficient (Wildman–Crippen LogP) is 3.55. The highest BCUT2D eigenvalue weighted by molar-refractivity contribution is 14.0. The molecular weight excluding hydrogens is 481 g/mol. The molecule has 0 radical (unpaired) electrons. The third-order valence-electron chi connectivity index (χ3n) is 4.32. The highest BCUT2D eigenvalue weighted by Crippen LogP contribution is 2.20. The lowest BCUT2D eigenvalue weighted by atomic mass is 10.1. The molecule has 0 saturated heterocycles. The number of methoxy groups -OCH3 is 2. The Morgan fingerprint density at radius 1 is 0.966 bits per heavy atom. The first kappa shape index (κ1) is 25.0. The molecule has 160 valence electrons. The highest BCUT2D eigenvalue weighted by Gasteiger charge is 2.07. The van der Waals surface area contributed by atoms with Crippen LogP contribution in [0.4, 0.5) is 0 Å². The topological polar surface area (TPSA) is 64.1 Å². The second-order valence-electron chi connectivity index (χ2n) is 6.37. The summed E-state index contributed by atoms with van der Waals surface area (Å²) >= 11 is 0. The van der Waals surface area contributed by atoms with Crippen molar-refractivity contribution in [3.8, 4) is 11.5 Å². The fourth-order valence-corrected chi connectivity index (χ4v) is 2.80. The van der Waals surface area contributed by atoms with Crippen LogP contribution in [0.15, 0.2) is 47.5 Å². The van der Waals surface area contributed by atoms with E-state index in [2.05, 4.69) is 40.7 Å². The summed E-state index contributed by atoms with van der Waals surface area (Å²) in [4.78, 5) is 4.30. The number of rotatable bonds is 10. The van der Waals surface area contributed by atoms with Crippen molar-refractivity contribution in [2.75, 3.05) is 41.0 Å². The van der Waals surface area contributed by atoms with Gasteiger partial charge in [-0.2, -0.15) is 0 Å². The Balaban J connectivity index is 0.00000420. The molecule has 2 aromatic carbocycles. The molecule has 0 aliphatic carbocycles. The van der Waals surface area contributed by atoms with Gasteiger partial charge in [-0.3, -0.25) is 4.99 Å². The van der Waals surface area contributed by atoms with Gasteiger partial charge in [-0.05, 0) is 36.6 Å². The molecule has 0 fully saturated rings. The number of halogens is 1. The number of hydrogen-bond donors (Lipinski definition) is 2. The number of aliphatic imine (C=N–C) groups is 1. The summed E-state index contributed by atoms with van der Waals surface area (Å²) in [5.74, 6) is 2.53. The summed E-state index contributed by atoms with van der Waals surface area (Å²) in [5, 5.41) is 6.69. The van der Waals surface area contributed by atoms with Crippen molar-refractivity contribution in [1.82, 2.24) is 10.6 Å². The minimum absolute atomic E-state index is 0. The largest absolute Gasteiger partial charge is 0.496 e. The average Bonchev–Trinajstić information content (AvgIpc) is 2.72. The zero-order chi connectivity index (χ0) is 20.2. The van der Waals surface area contributed by atoms with Crippen molar-refractivity contribution in [1.29, 1.82) is 0 Å². The van der Waals surface area contributed by atoms with Crippen LogP contribution in [0, 0.1) is 6.92 Å². The Morgan fingerprint density at radius 2 is 1.76 bits per heavy atom. The minimum atomic E-state index is 0. The number of nitrogens with one attached hydrogen (secondary N) is 2. The molecule has 7 heteroatoms. The molecule has 0 aliphatic heterocycles. The Labute approximate surface area is 191 Å². The maximum Gasteiger partial charge on any atom is 0.191 e. The lowest BCUT2D eigenvalue weighted by Gasteiger charge is -2.16. The van der Waals surface area contributed by atoms with Crippen molar-refractivity contribution in [3.63, 3.8) is 0 Å². The third-order valence-corrected chi connectivity index (χ3v) is 4.32. The van der Waals surface area contributed by atoms with Gasteiger partial charge >= 0.3 is 0 Å². The lowest BCUT2D eigenvalue weighted by molar-refractivity contribution is 0.145. The third kappa shape index (κ3) is 8.49. The fourth-order valence-electron chi connectivity index (χ4n) is 2.80. The van der Waals surface area contributed by atoms with E-state index in [1.165, 1.54) is 5.56 Å². The fraction of sp³-hybridized carbons (Fsp3) is 0.409. The molecule has 2 N–H and O–H groups in total. The van der Waals surface area contributed by atoms with Crippen LogP contribution in [-0.4, -0.2) is 47.0 Å². The second kappa shape index (κ2) is 14.1. The molecule has 2 rings (SSSR count). The van der Waals surface area contributed by atoms with Crippen molar-refractivity contribution >= 4 is 29.9 Å². The molecule has 0 atom stereocenters.